The molecule has 1 aromatic heterocycles. The van der Waals surface area contributed by atoms with E-state index < -0.39 is 9.84 Å². The zero-order valence-corrected chi connectivity index (χ0v) is 11.4. The summed E-state index contributed by atoms with van der Waals surface area (Å²) in [5.41, 5.74) is 0.838. The highest BCUT2D eigenvalue weighted by molar-refractivity contribution is 7.90. The van der Waals surface area contributed by atoms with Gasteiger partial charge in [-0.3, -0.25) is 0 Å². The van der Waals surface area contributed by atoms with Crippen molar-refractivity contribution in [2.45, 2.75) is 6.92 Å². The summed E-state index contributed by atoms with van der Waals surface area (Å²) in [6.45, 7) is 2.29. The molecule has 0 amide bonds. The Labute approximate surface area is 102 Å². The second-order valence-electron chi connectivity index (χ2n) is 3.99. The van der Waals surface area contributed by atoms with Gasteiger partial charge in [-0.15, -0.1) is 0 Å². The SMILES string of the molecule is CNc1nc(C)cc(N(C)CCS(C)(=O)=O)n1. The van der Waals surface area contributed by atoms with Crippen LogP contribution in [-0.2, 0) is 9.84 Å². The summed E-state index contributed by atoms with van der Waals surface area (Å²) in [5, 5.41) is 2.87. The number of hydrogen-bond acceptors (Lipinski definition) is 6. The molecule has 0 saturated carbocycles. The van der Waals surface area contributed by atoms with Gasteiger partial charge in [-0.1, -0.05) is 0 Å². The summed E-state index contributed by atoms with van der Waals surface area (Å²) in [6, 6.07) is 1.82. The number of aromatic nitrogens is 2. The fourth-order valence-corrected chi connectivity index (χ4v) is 1.88. The molecule has 1 aromatic rings. The predicted octanol–water partition coefficient (Wildman–Crippen LogP) is 0.308. The molecule has 0 saturated heterocycles. The maximum absolute atomic E-state index is 11.1. The molecule has 7 heteroatoms. The van der Waals surface area contributed by atoms with Crippen molar-refractivity contribution in [2.75, 3.05) is 42.9 Å². The van der Waals surface area contributed by atoms with Gasteiger partial charge in [0.15, 0.2) is 0 Å². The van der Waals surface area contributed by atoms with E-state index in [1.807, 2.05) is 20.0 Å². The molecule has 0 spiro atoms. The topological polar surface area (TPSA) is 75.2 Å². The fourth-order valence-electron chi connectivity index (χ4n) is 1.28. The third-order valence-electron chi connectivity index (χ3n) is 2.25. The largest absolute Gasteiger partial charge is 0.358 e. The molecule has 17 heavy (non-hydrogen) atoms. The molecule has 0 aromatic carbocycles. The number of sulfone groups is 1. The molecule has 1 rings (SSSR count). The normalized spacial score (nSPS) is 11.3. The van der Waals surface area contributed by atoms with Gasteiger partial charge >= 0.3 is 0 Å². The Morgan fingerprint density at radius 1 is 1.41 bits per heavy atom. The Hall–Kier alpha value is -1.37. The number of anilines is 2. The number of nitrogens with one attached hydrogen (secondary N) is 1. The maximum Gasteiger partial charge on any atom is 0.224 e. The lowest BCUT2D eigenvalue weighted by molar-refractivity contribution is 0.601. The standard InChI is InChI=1S/C10H18N4O2S/c1-8-7-9(13-10(11-2)12-8)14(3)5-6-17(4,15)16/h7H,5-6H2,1-4H3,(H,11,12,13). The molecule has 0 radical (unpaired) electrons. The molecule has 0 atom stereocenters. The summed E-state index contributed by atoms with van der Waals surface area (Å²) in [4.78, 5) is 10.2. The minimum absolute atomic E-state index is 0.113. The van der Waals surface area contributed by atoms with Gasteiger partial charge in [0.25, 0.3) is 0 Å². The highest BCUT2D eigenvalue weighted by atomic mass is 32.2. The minimum Gasteiger partial charge on any atom is -0.358 e. The van der Waals surface area contributed by atoms with Crippen LogP contribution in [0.25, 0.3) is 0 Å². The van der Waals surface area contributed by atoms with E-state index in [2.05, 4.69) is 15.3 Å². The molecule has 96 valence electrons. The monoisotopic (exact) mass is 258 g/mol. The quantitative estimate of drug-likeness (QED) is 0.819. The zero-order valence-electron chi connectivity index (χ0n) is 10.6. The van der Waals surface area contributed by atoms with Gasteiger partial charge in [-0.2, -0.15) is 4.98 Å². The van der Waals surface area contributed by atoms with Crippen LogP contribution in [0.4, 0.5) is 11.8 Å². The molecule has 1 N–H and O–H groups in total. The molecule has 0 fully saturated rings. The third kappa shape index (κ3) is 4.56. The summed E-state index contributed by atoms with van der Waals surface area (Å²) >= 11 is 0. The Balaban J connectivity index is 2.81. The van der Waals surface area contributed by atoms with Crippen molar-refractivity contribution < 1.29 is 8.42 Å². The van der Waals surface area contributed by atoms with Gasteiger partial charge in [0.05, 0.1) is 5.75 Å². The van der Waals surface area contributed by atoms with Crippen molar-refractivity contribution in [2.24, 2.45) is 0 Å². The van der Waals surface area contributed by atoms with E-state index in [1.165, 1.54) is 6.26 Å². The maximum atomic E-state index is 11.1. The van der Waals surface area contributed by atoms with E-state index in [0.29, 0.717) is 18.3 Å². The number of hydrogen-bond donors (Lipinski definition) is 1. The van der Waals surface area contributed by atoms with Gasteiger partial charge < -0.3 is 10.2 Å². The van der Waals surface area contributed by atoms with Crippen molar-refractivity contribution in [3.63, 3.8) is 0 Å². The fraction of sp³-hybridized carbons (Fsp3) is 0.600. The van der Waals surface area contributed by atoms with Crippen molar-refractivity contribution in [1.29, 1.82) is 0 Å². The summed E-state index contributed by atoms with van der Waals surface area (Å²) in [7, 11) is 0.603. The summed E-state index contributed by atoms with van der Waals surface area (Å²) < 4.78 is 22.2. The van der Waals surface area contributed by atoms with Crippen LogP contribution in [0, 0.1) is 6.92 Å². The van der Waals surface area contributed by atoms with Gasteiger partial charge in [0.2, 0.25) is 5.95 Å². The van der Waals surface area contributed by atoms with E-state index in [-0.39, 0.29) is 5.75 Å². The van der Waals surface area contributed by atoms with Crippen molar-refractivity contribution in [3.8, 4) is 0 Å². The molecule has 0 bridgehead atoms. The predicted molar refractivity (Wildman–Crippen MR) is 69.3 cm³/mol. The van der Waals surface area contributed by atoms with Gasteiger partial charge in [-0.05, 0) is 6.92 Å². The van der Waals surface area contributed by atoms with E-state index >= 15 is 0 Å². The molecular formula is C10H18N4O2S. The van der Waals surface area contributed by atoms with Crippen LogP contribution >= 0.6 is 0 Å². The molecule has 1 heterocycles. The Morgan fingerprint density at radius 3 is 2.59 bits per heavy atom. The second-order valence-corrected chi connectivity index (χ2v) is 6.25. The Morgan fingerprint density at radius 2 is 2.06 bits per heavy atom. The van der Waals surface area contributed by atoms with Crippen molar-refractivity contribution in [3.05, 3.63) is 11.8 Å². The Kier molecular flexibility index (Phi) is 4.28. The lowest BCUT2D eigenvalue weighted by atomic mass is 10.4. The molecule has 0 aliphatic heterocycles. The number of nitrogens with zero attached hydrogens (tertiary/aromatic N) is 3. The van der Waals surface area contributed by atoms with Crippen LogP contribution in [0.1, 0.15) is 5.69 Å². The summed E-state index contributed by atoms with van der Waals surface area (Å²) in [5.74, 6) is 1.36. The van der Waals surface area contributed by atoms with Crippen LogP contribution in [0.3, 0.4) is 0 Å². The van der Waals surface area contributed by atoms with E-state index in [9.17, 15) is 8.42 Å². The van der Waals surface area contributed by atoms with Crippen molar-refractivity contribution in [1.82, 2.24) is 9.97 Å². The van der Waals surface area contributed by atoms with Crippen LogP contribution in [0.5, 0.6) is 0 Å². The lowest BCUT2D eigenvalue weighted by Crippen LogP contribution is -2.26. The van der Waals surface area contributed by atoms with Gasteiger partial charge in [0, 0.05) is 38.7 Å². The molecular weight excluding hydrogens is 240 g/mol. The first-order valence-corrected chi connectivity index (χ1v) is 7.30. The molecule has 6 nitrogen and oxygen atoms in total. The first-order valence-electron chi connectivity index (χ1n) is 5.24. The number of aryl methyl sites for hydroxylation is 1. The number of rotatable bonds is 5. The van der Waals surface area contributed by atoms with E-state index in [1.54, 1.807) is 11.9 Å². The van der Waals surface area contributed by atoms with Crippen LogP contribution in [0.2, 0.25) is 0 Å². The van der Waals surface area contributed by atoms with E-state index in [4.69, 9.17) is 0 Å². The molecule has 0 unspecified atom stereocenters. The molecule has 0 aliphatic rings. The Bertz CT molecular complexity index is 487. The summed E-state index contributed by atoms with van der Waals surface area (Å²) in [6.07, 6.45) is 1.23. The van der Waals surface area contributed by atoms with Gasteiger partial charge in [-0.25, -0.2) is 13.4 Å². The van der Waals surface area contributed by atoms with Crippen LogP contribution in [-0.4, -0.2) is 51.0 Å². The van der Waals surface area contributed by atoms with Crippen LogP contribution < -0.4 is 10.2 Å². The zero-order chi connectivity index (χ0) is 13.1. The first-order chi connectivity index (χ1) is 7.81. The minimum atomic E-state index is -2.95. The highest BCUT2D eigenvalue weighted by Gasteiger charge is 2.09. The lowest BCUT2D eigenvalue weighted by Gasteiger charge is -2.18. The highest BCUT2D eigenvalue weighted by Crippen LogP contribution is 2.12. The third-order valence-corrected chi connectivity index (χ3v) is 3.18. The average Bonchev–Trinajstić information content (AvgIpc) is 2.23. The van der Waals surface area contributed by atoms with Gasteiger partial charge in [0.1, 0.15) is 15.7 Å². The first kappa shape index (κ1) is 13.7. The molecule has 0 aliphatic carbocycles. The van der Waals surface area contributed by atoms with Crippen LogP contribution in [0.15, 0.2) is 6.07 Å². The van der Waals surface area contributed by atoms with E-state index in [0.717, 1.165) is 5.69 Å². The van der Waals surface area contributed by atoms with Crippen molar-refractivity contribution >= 4 is 21.6 Å². The second kappa shape index (κ2) is 5.31. The average molecular weight is 258 g/mol. The smallest absolute Gasteiger partial charge is 0.224 e.